The quantitative estimate of drug-likeness (QED) is 0.879. The molecule has 0 spiro atoms. The Balaban J connectivity index is 2.64. The second kappa shape index (κ2) is 5.70. The second-order valence-electron chi connectivity index (χ2n) is 4.40. The zero-order valence-electron chi connectivity index (χ0n) is 10.8. The number of rotatable bonds is 3. The maximum absolute atomic E-state index is 13.8. The molecule has 0 bridgehead atoms. The lowest BCUT2D eigenvalue weighted by atomic mass is 10.0. The fraction of sp³-hybridized carbons (Fsp3) is 0.143. The molecule has 2 rings (SSSR count). The number of carbonyl (C=O) groups is 1. The highest BCUT2D eigenvalue weighted by Gasteiger charge is 2.32. The molecule has 1 N–H and O–H groups in total. The molecule has 0 radical (unpaired) electrons. The van der Waals surface area contributed by atoms with Gasteiger partial charge in [-0.25, -0.2) is 8.78 Å². The van der Waals surface area contributed by atoms with E-state index in [1.54, 1.807) is 0 Å². The predicted octanol–water partition coefficient (Wildman–Crippen LogP) is 3.67. The van der Waals surface area contributed by atoms with Crippen LogP contribution in [0.4, 0.5) is 22.0 Å². The number of hydrogen-bond donors (Lipinski definition) is 1. The van der Waals surface area contributed by atoms with Crippen LogP contribution >= 0.6 is 0 Å². The minimum Gasteiger partial charge on any atom is -0.481 e. The van der Waals surface area contributed by atoms with Crippen LogP contribution < -0.4 is 0 Å². The number of pyridine rings is 1. The molecular weight excluding hydrogens is 309 g/mol. The third-order valence-corrected chi connectivity index (χ3v) is 2.84. The molecule has 0 unspecified atom stereocenters. The SMILES string of the molecule is O=C(O)Cc1cc(C(F)(F)F)cnc1-c1cccc(F)c1F. The first-order chi connectivity index (χ1) is 10.2. The molecule has 0 amide bonds. The van der Waals surface area contributed by atoms with E-state index >= 15 is 0 Å². The summed E-state index contributed by atoms with van der Waals surface area (Å²) in [6, 6.07) is 3.66. The van der Waals surface area contributed by atoms with Gasteiger partial charge in [-0.1, -0.05) is 6.07 Å². The summed E-state index contributed by atoms with van der Waals surface area (Å²) in [5.74, 6) is -3.93. The predicted molar refractivity (Wildman–Crippen MR) is 65.9 cm³/mol. The van der Waals surface area contributed by atoms with Crippen molar-refractivity contribution < 1.29 is 31.9 Å². The Morgan fingerprint density at radius 1 is 1.23 bits per heavy atom. The lowest BCUT2D eigenvalue weighted by molar-refractivity contribution is -0.139. The summed E-state index contributed by atoms with van der Waals surface area (Å²) in [4.78, 5) is 14.3. The van der Waals surface area contributed by atoms with Crippen LogP contribution in [0, 0.1) is 11.6 Å². The molecule has 0 saturated carbocycles. The Kier molecular flexibility index (Phi) is 4.11. The van der Waals surface area contributed by atoms with Gasteiger partial charge in [0.05, 0.1) is 17.7 Å². The number of alkyl halides is 3. The molecule has 1 aromatic heterocycles. The zero-order chi connectivity index (χ0) is 16.5. The average molecular weight is 317 g/mol. The summed E-state index contributed by atoms with van der Waals surface area (Å²) in [5, 5.41) is 8.78. The maximum atomic E-state index is 13.8. The van der Waals surface area contributed by atoms with E-state index in [1.807, 2.05) is 0 Å². The molecule has 0 atom stereocenters. The Morgan fingerprint density at radius 3 is 2.50 bits per heavy atom. The van der Waals surface area contributed by atoms with Crippen LogP contribution in [0.1, 0.15) is 11.1 Å². The number of benzene rings is 1. The van der Waals surface area contributed by atoms with Crippen molar-refractivity contribution in [3.63, 3.8) is 0 Å². The van der Waals surface area contributed by atoms with Crippen LogP contribution in [0.25, 0.3) is 11.3 Å². The van der Waals surface area contributed by atoms with Gasteiger partial charge in [0.2, 0.25) is 0 Å². The van der Waals surface area contributed by atoms with Crippen LogP contribution in [0.2, 0.25) is 0 Å². The van der Waals surface area contributed by atoms with Gasteiger partial charge in [-0.2, -0.15) is 13.2 Å². The van der Waals surface area contributed by atoms with Crippen molar-refractivity contribution in [1.82, 2.24) is 4.98 Å². The summed E-state index contributed by atoms with van der Waals surface area (Å²) >= 11 is 0. The van der Waals surface area contributed by atoms with Gasteiger partial charge in [0.15, 0.2) is 11.6 Å². The molecule has 0 fully saturated rings. The van der Waals surface area contributed by atoms with Gasteiger partial charge in [-0.05, 0) is 23.8 Å². The molecule has 0 aliphatic heterocycles. The van der Waals surface area contributed by atoms with Gasteiger partial charge in [0.25, 0.3) is 0 Å². The minimum atomic E-state index is -4.72. The monoisotopic (exact) mass is 317 g/mol. The van der Waals surface area contributed by atoms with E-state index in [0.717, 1.165) is 18.2 Å². The summed E-state index contributed by atoms with van der Waals surface area (Å²) < 4.78 is 65.0. The normalized spacial score (nSPS) is 11.5. The van der Waals surface area contributed by atoms with Crippen LogP contribution in [0.5, 0.6) is 0 Å². The molecule has 1 aromatic carbocycles. The largest absolute Gasteiger partial charge is 0.481 e. The molecule has 1 heterocycles. The van der Waals surface area contributed by atoms with E-state index in [0.29, 0.717) is 12.3 Å². The van der Waals surface area contributed by atoms with E-state index in [2.05, 4.69) is 4.98 Å². The number of carboxylic acids is 1. The maximum Gasteiger partial charge on any atom is 0.417 e. The lowest BCUT2D eigenvalue weighted by Crippen LogP contribution is -2.10. The Morgan fingerprint density at radius 2 is 1.91 bits per heavy atom. The van der Waals surface area contributed by atoms with E-state index < -0.39 is 41.3 Å². The summed E-state index contributed by atoms with van der Waals surface area (Å²) in [6.45, 7) is 0. The number of halogens is 5. The van der Waals surface area contributed by atoms with Gasteiger partial charge in [-0.3, -0.25) is 9.78 Å². The van der Waals surface area contributed by atoms with E-state index in [4.69, 9.17) is 5.11 Å². The highest BCUT2D eigenvalue weighted by Crippen LogP contribution is 2.33. The van der Waals surface area contributed by atoms with Crippen LogP contribution in [0.3, 0.4) is 0 Å². The fourth-order valence-electron chi connectivity index (χ4n) is 1.89. The molecular formula is C14H8F5NO2. The second-order valence-corrected chi connectivity index (χ2v) is 4.40. The highest BCUT2D eigenvalue weighted by atomic mass is 19.4. The average Bonchev–Trinajstić information content (AvgIpc) is 2.40. The summed E-state index contributed by atoms with van der Waals surface area (Å²) in [7, 11) is 0. The minimum absolute atomic E-state index is 0.340. The Bertz CT molecular complexity index is 728. The van der Waals surface area contributed by atoms with Gasteiger partial charge in [-0.15, -0.1) is 0 Å². The van der Waals surface area contributed by atoms with Gasteiger partial charge >= 0.3 is 12.1 Å². The van der Waals surface area contributed by atoms with Crippen LogP contribution in [0.15, 0.2) is 30.5 Å². The van der Waals surface area contributed by atoms with Gasteiger partial charge < -0.3 is 5.11 Å². The fourth-order valence-corrected chi connectivity index (χ4v) is 1.89. The van der Waals surface area contributed by atoms with Gasteiger partial charge in [0.1, 0.15) is 0 Å². The molecule has 2 aromatic rings. The van der Waals surface area contributed by atoms with Crippen molar-refractivity contribution in [2.24, 2.45) is 0 Å². The molecule has 8 heteroatoms. The summed E-state index contributed by atoms with van der Waals surface area (Å²) in [6.07, 6.45) is -5.08. The number of aliphatic carboxylic acids is 1. The molecule has 116 valence electrons. The molecule has 0 aliphatic rings. The smallest absolute Gasteiger partial charge is 0.417 e. The molecule has 0 aliphatic carbocycles. The van der Waals surface area contributed by atoms with Crippen molar-refractivity contribution >= 4 is 5.97 Å². The molecule has 22 heavy (non-hydrogen) atoms. The van der Waals surface area contributed by atoms with E-state index in [1.165, 1.54) is 0 Å². The topological polar surface area (TPSA) is 50.2 Å². The first-order valence-corrected chi connectivity index (χ1v) is 5.92. The first kappa shape index (κ1) is 15.9. The third-order valence-electron chi connectivity index (χ3n) is 2.84. The third kappa shape index (κ3) is 3.21. The van der Waals surface area contributed by atoms with Crippen molar-refractivity contribution in [3.8, 4) is 11.3 Å². The lowest BCUT2D eigenvalue weighted by Gasteiger charge is -2.12. The van der Waals surface area contributed by atoms with Crippen molar-refractivity contribution in [2.45, 2.75) is 12.6 Å². The van der Waals surface area contributed by atoms with Crippen molar-refractivity contribution in [1.29, 1.82) is 0 Å². The molecule has 0 saturated heterocycles. The highest BCUT2D eigenvalue weighted by molar-refractivity contribution is 5.75. The van der Waals surface area contributed by atoms with Crippen LogP contribution in [-0.4, -0.2) is 16.1 Å². The summed E-state index contributed by atoms with van der Waals surface area (Å²) in [5.41, 5.74) is -2.26. The van der Waals surface area contributed by atoms with E-state index in [-0.39, 0.29) is 11.3 Å². The van der Waals surface area contributed by atoms with Gasteiger partial charge in [0, 0.05) is 11.8 Å². The standard InChI is InChI=1S/C14H8F5NO2/c15-10-3-1-2-9(12(10)16)13-7(5-11(21)22)4-8(6-20-13)14(17,18)19/h1-4,6H,5H2,(H,21,22). The number of nitrogens with zero attached hydrogens (tertiary/aromatic N) is 1. The first-order valence-electron chi connectivity index (χ1n) is 5.92. The van der Waals surface area contributed by atoms with Crippen LogP contribution in [-0.2, 0) is 17.4 Å². The number of aromatic nitrogens is 1. The number of hydrogen-bond acceptors (Lipinski definition) is 2. The zero-order valence-corrected chi connectivity index (χ0v) is 10.8. The number of carboxylic acid groups (broad SMARTS) is 1. The molecule has 3 nitrogen and oxygen atoms in total. The Hall–Kier alpha value is -2.51. The Labute approximate surface area is 121 Å². The van der Waals surface area contributed by atoms with Crippen molar-refractivity contribution in [3.05, 3.63) is 53.2 Å². The van der Waals surface area contributed by atoms with E-state index in [9.17, 15) is 26.7 Å². The van der Waals surface area contributed by atoms with Crippen molar-refractivity contribution in [2.75, 3.05) is 0 Å².